The van der Waals surface area contributed by atoms with E-state index in [0.29, 0.717) is 13.0 Å². The van der Waals surface area contributed by atoms with Gasteiger partial charge in [-0.1, -0.05) is 24.3 Å². The van der Waals surface area contributed by atoms with Crippen LogP contribution >= 0.6 is 12.4 Å². The Balaban J connectivity index is 0.00000240. The molecular weight excluding hydrogens is 394 g/mol. The highest BCUT2D eigenvalue weighted by Crippen LogP contribution is 2.41. The molecule has 2 fully saturated rings. The lowest BCUT2D eigenvalue weighted by Crippen LogP contribution is -2.45. The third kappa shape index (κ3) is 4.24. The largest absolute Gasteiger partial charge is 0.354 e. The molecule has 2 aliphatic heterocycles. The molecule has 158 valence electrons. The smallest absolute Gasteiger partial charge is 0.325 e. The highest BCUT2D eigenvalue weighted by atomic mass is 35.5. The van der Waals surface area contributed by atoms with E-state index in [-0.39, 0.29) is 30.8 Å². The summed E-state index contributed by atoms with van der Waals surface area (Å²) in [7, 11) is 0. The molecule has 0 saturated carbocycles. The van der Waals surface area contributed by atoms with Crippen molar-refractivity contribution >= 4 is 30.3 Å². The Morgan fingerprint density at radius 1 is 1.17 bits per heavy atom. The van der Waals surface area contributed by atoms with E-state index in [1.165, 1.54) is 0 Å². The number of carbonyl (C=O) groups excluding carboxylic acids is 3. The van der Waals surface area contributed by atoms with Gasteiger partial charge in [0.1, 0.15) is 12.1 Å². The summed E-state index contributed by atoms with van der Waals surface area (Å²) in [4.78, 5) is 41.1. The highest BCUT2D eigenvalue weighted by Gasteiger charge is 2.55. The van der Waals surface area contributed by atoms with E-state index >= 15 is 0 Å². The molecule has 1 aromatic rings. The van der Waals surface area contributed by atoms with Crippen LogP contribution in [0.3, 0.4) is 0 Å². The summed E-state index contributed by atoms with van der Waals surface area (Å²) in [6.07, 6.45) is 2.14. The van der Waals surface area contributed by atoms with Crippen LogP contribution in [-0.2, 0) is 21.5 Å². The fraction of sp³-hybridized carbons (Fsp3) is 0.550. The zero-order chi connectivity index (χ0) is 19.6. The second-order valence-corrected chi connectivity index (χ2v) is 7.68. The number of nitrogens with zero attached hydrogens (tertiary/aromatic N) is 2. The van der Waals surface area contributed by atoms with Crippen LogP contribution in [0.15, 0.2) is 24.3 Å². The van der Waals surface area contributed by atoms with Crippen molar-refractivity contribution in [1.82, 2.24) is 25.8 Å². The maximum absolute atomic E-state index is 13.0. The second kappa shape index (κ2) is 9.11. The van der Waals surface area contributed by atoms with E-state index in [9.17, 15) is 14.4 Å². The van der Waals surface area contributed by atoms with Crippen molar-refractivity contribution < 1.29 is 14.4 Å². The fourth-order valence-corrected chi connectivity index (χ4v) is 4.40. The van der Waals surface area contributed by atoms with Crippen molar-refractivity contribution in [2.24, 2.45) is 0 Å². The number of nitrogens with one attached hydrogen (secondary N) is 3. The maximum atomic E-state index is 13.0. The summed E-state index contributed by atoms with van der Waals surface area (Å²) in [6.45, 7) is 5.31. The fourth-order valence-electron chi connectivity index (χ4n) is 4.40. The summed E-state index contributed by atoms with van der Waals surface area (Å²) in [5.41, 5.74) is 0.929. The number of fused-ring (bicyclic) bond motifs is 2. The topological polar surface area (TPSA) is 93.8 Å². The van der Waals surface area contributed by atoms with E-state index < -0.39 is 11.6 Å². The first kappa shape index (κ1) is 21.5. The molecule has 8 nitrogen and oxygen atoms in total. The van der Waals surface area contributed by atoms with Gasteiger partial charge in [0.2, 0.25) is 5.91 Å². The monoisotopic (exact) mass is 421 g/mol. The summed E-state index contributed by atoms with van der Waals surface area (Å²) in [5, 5.41) is 8.99. The van der Waals surface area contributed by atoms with Gasteiger partial charge >= 0.3 is 6.03 Å². The Morgan fingerprint density at radius 3 is 2.72 bits per heavy atom. The minimum absolute atomic E-state index is 0. The van der Waals surface area contributed by atoms with Gasteiger partial charge in [-0.15, -0.1) is 12.4 Å². The summed E-state index contributed by atoms with van der Waals surface area (Å²) in [6, 6.07) is 7.19. The molecule has 9 heteroatoms. The number of aryl methyl sites for hydroxylation is 1. The molecule has 0 radical (unpaired) electrons. The molecule has 1 spiro atoms. The lowest BCUT2D eigenvalue weighted by Gasteiger charge is -2.27. The SMILES string of the molecule is Cl.O=C(CN1C(=O)NC2(CCc3ccccc32)C1=O)NCCCN1CCNCC1. The number of piperazine rings is 1. The number of benzene rings is 1. The van der Waals surface area contributed by atoms with E-state index in [1.807, 2.05) is 24.3 Å². The van der Waals surface area contributed by atoms with Gasteiger partial charge in [0, 0.05) is 32.7 Å². The minimum atomic E-state index is -1.00. The molecule has 3 aliphatic rings. The number of hydrogen-bond acceptors (Lipinski definition) is 5. The minimum Gasteiger partial charge on any atom is -0.354 e. The molecule has 2 saturated heterocycles. The molecule has 4 rings (SSSR count). The molecule has 29 heavy (non-hydrogen) atoms. The first-order chi connectivity index (χ1) is 13.6. The van der Waals surface area contributed by atoms with Crippen LogP contribution in [-0.4, -0.2) is 73.5 Å². The predicted octanol–water partition coefficient (Wildman–Crippen LogP) is 0.213. The molecule has 0 aromatic heterocycles. The van der Waals surface area contributed by atoms with E-state index in [4.69, 9.17) is 0 Å². The maximum Gasteiger partial charge on any atom is 0.325 e. The van der Waals surface area contributed by atoms with Crippen LogP contribution in [0, 0.1) is 0 Å². The summed E-state index contributed by atoms with van der Waals surface area (Å²) in [5.74, 6) is -0.620. The van der Waals surface area contributed by atoms with Gasteiger partial charge in [-0.3, -0.25) is 14.5 Å². The molecule has 1 aliphatic carbocycles. The highest BCUT2D eigenvalue weighted by molar-refractivity contribution is 6.09. The Kier molecular flexibility index (Phi) is 6.77. The van der Waals surface area contributed by atoms with E-state index in [0.717, 1.165) is 61.6 Å². The standard InChI is InChI=1S/C20H27N5O3.ClH/c26-17(22-8-3-11-24-12-9-21-10-13-24)14-25-18(27)20(23-19(25)28)7-6-15-4-1-2-5-16(15)20;/h1-2,4-5,21H,3,6-14H2,(H,22,26)(H,23,28);1H. The third-order valence-corrected chi connectivity index (χ3v) is 5.91. The Morgan fingerprint density at radius 2 is 1.93 bits per heavy atom. The first-order valence-electron chi connectivity index (χ1n) is 10.0. The van der Waals surface area contributed by atoms with Crippen LogP contribution in [0.5, 0.6) is 0 Å². The van der Waals surface area contributed by atoms with Crippen molar-refractivity contribution in [1.29, 1.82) is 0 Å². The zero-order valence-electron chi connectivity index (χ0n) is 16.4. The van der Waals surface area contributed by atoms with E-state index in [1.54, 1.807) is 0 Å². The van der Waals surface area contributed by atoms with Crippen LogP contribution < -0.4 is 16.0 Å². The lowest BCUT2D eigenvalue weighted by atomic mass is 9.92. The van der Waals surface area contributed by atoms with Gasteiger partial charge in [-0.2, -0.15) is 0 Å². The molecule has 0 bridgehead atoms. The second-order valence-electron chi connectivity index (χ2n) is 7.68. The lowest BCUT2D eigenvalue weighted by molar-refractivity contribution is -0.135. The van der Waals surface area contributed by atoms with Gasteiger partial charge in [-0.05, 0) is 36.9 Å². The van der Waals surface area contributed by atoms with Crippen LogP contribution in [0.25, 0.3) is 0 Å². The Hall–Kier alpha value is -2.16. The molecule has 1 aromatic carbocycles. The first-order valence-corrected chi connectivity index (χ1v) is 10.0. The van der Waals surface area contributed by atoms with Gasteiger partial charge in [-0.25, -0.2) is 4.79 Å². The molecule has 1 atom stereocenters. The quantitative estimate of drug-likeness (QED) is 0.451. The van der Waals surface area contributed by atoms with Crippen molar-refractivity contribution in [3.63, 3.8) is 0 Å². The number of hydrogen-bond donors (Lipinski definition) is 3. The van der Waals surface area contributed by atoms with Gasteiger partial charge < -0.3 is 20.9 Å². The number of amides is 4. The Labute approximate surface area is 176 Å². The normalized spacial score (nSPS) is 23.7. The number of carbonyl (C=O) groups is 3. The zero-order valence-corrected chi connectivity index (χ0v) is 17.2. The van der Waals surface area contributed by atoms with Gasteiger partial charge in [0.25, 0.3) is 5.91 Å². The molecule has 2 heterocycles. The van der Waals surface area contributed by atoms with Crippen molar-refractivity contribution in [2.45, 2.75) is 24.8 Å². The van der Waals surface area contributed by atoms with Gasteiger partial charge in [0.05, 0.1) is 0 Å². The number of imide groups is 1. The average Bonchev–Trinajstić information content (AvgIpc) is 3.20. The Bertz CT molecular complexity index is 783. The van der Waals surface area contributed by atoms with Crippen molar-refractivity contribution in [2.75, 3.05) is 45.8 Å². The van der Waals surface area contributed by atoms with E-state index in [2.05, 4.69) is 20.9 Å². The van der Waals surface area contributed by atoms with Crippen LogP contribution in [0.4, 0.5) is 4.79 Å². The van der Waals surface area contributed by atoms with Gasteiger partial charge in [0.15, 0.2) is 0 Å². The van der Waals surface area contributed by atoms with Crippen LogP contribution in [0.2, 0.25) is 0 Å². The molecule has 4 amide bonds. The molecule has 1 unspecified atom stereocenters. The molecular formula is C20H28ClN5O3. The average molecular weight is 422 g/mol. The summed E-state index contributed by atoms with van der Waals surface area (Å²) < 4.78 is 0. The number of urea groups is 1. The van der Waals surface area contributed by atoms with Crippen molar-refractivity contribution in [3.8, 4) is 0 Å². The predicted molar refractivity (Wildman–Crippen MR) is 111 cm³/mol. The van der Waals surface area contributed by atoms with Crippen molar-refractivity contribution in [3.05, 3.63) is 35.4 Å². The van der Waals surface area contributed by atoms with Crippen LogP contribution in [0.1, 0.15) is 24.0 Å². The third-order valence-electron chi connectivity index (χ3n) is 5.91. The summed E-state index contributed by atoms with van der Waals surface area (Å²) >= 11 is 0. The number of rotatable bonds is 6. The molecule has 3 N–H and O–H groups in total. The number of halogens is 1.